The molecule has 3 aromatic carbocycles. The van der Waals surface area contributed by atoms with Gasteiger partial charge in [0.15, 0.2) is 8.07 Å². The van der Waals surface area contributed by atoms with Gasteiger partial charge in [-0.25, -0.2) is 0 Å². The van der Waals surface area contributed by atoms with E-state index in [-0.39, 0.29) is 0 Å². The molecule has 1 heteroatoms. The Labute approximate surface area is 278 Å². The maximum Gasteiger partial charge on any atom is 0.179 e. The summed E-state index contributed by atoms with van der Waals surface area (Å²) in [4.78, 5) is 0. The highest BCUT2D eigenvalue weighted by Gasteiger charge is 2.47. The van der Waals surface area contributed by atoms with Gasteiger partial charge in [-0.05, 0) is 108 Å². The molecule has 0 saturated heterocycles. The molecule has 0 aromatic heterocycles. The second-order valence-electron chi connectivity index (χ2n) is 16.0. The maximum atomic E-state index is 2.63. The summed E-state index contributed by atoms with van der Waals surface area (Å²) in [5.41, 5.74) is 10.4. The zero-order valence-electron chi connectivity index (χ0n) is 31.1. The smallest absolute Gasteiger partial charge is 0.0801 e. The first-order valence-corrected chi connectivity index (χ1v) is 19.9. The van der Waals surface area contributed by atoms with Crippen LogP contribution in [0.2, 0.25) is 0 Å². The van der Waals surface area contributed by atoms with Crippen molar-refractivity contribution in [3.8, 4) is 0 Å². The molecule has 0 nitrogen and oxygen atoms in total. The van der Waals surface area contributed by atoms with Crippen molar-refractivity contribution >= 4 is 23.6 Å². The van der Waals surface area contributed by atoms with Gasteiger partial charge in [0.05, 0.1) is 0 Å². The molecule has 4 rings (SSSR count). The molecule has 0 radical (unpaired) electrons. The van der Waals surface area contributed by atoms with Gasteiger partial charge >= 0.3 is 0 Å². The predicted octanol–water partition coefficient (Wildman–Crippen LogP) is 11.3. The van der Waals surface area contributed by atoms with E-state index in [0.717, 1.165) is 6.42 Å². The van der Waals surface area contributed by atoms with E-state index in [2.05, 4.69) is 164 Å². The van der Waals surface area contributed by atoms with Crippen molar-refractivity contribution < 1.29 is 0 Å². The third-order valence-electron chi connectivity index (χ3n) is 10.2. The van der Waals surface area contributed by atoms with Gasteiger partial charge < -0.3 is 0 Å². The highest BCUT2D eigenvalue weighted by Crippen LogP contribution is 2.36. The third-order valence-corrected chi connectivity index (χ3v) is 15.0. The molecule has 1 aliphatic carbocycles. The second-order valence-corrected chi connectivity index (χ2v) is 19.8. The average molecular weight is 619 g/mol. The lowest BCUT2D eigenvalue weighted by Gasteiger charge is -2.40. The molecule has 0 bridgehead atoms. The summed E-state index contributed by atoms with van der Waals surface area (Å²) in [5.74, 6) is 3.27. The molecule has 0 amide bonds. The summed E-state index contributed by atoms with van der Waals surface area (Å²) in [6.07, 6.45) is 6.20. The fourth-order valence-electron chi connectivity index (χ4n) is 7.09. The van der Waals surface area contributed by atoms with Crippen LogP contribution < -0.4 is 15.6 Å². The summed E-state index contributed by atoms with van der Waals surface area (Å²) in [6.45, 7) is 33.2. The first-order chi connectivity index (χ1) is 21.1. The van der Waals surface area contributed by atoms with E-state index < -0.39 is 8.07 Å². The molecule has 0 heterocycles. The Morgan fingerprint density at radius 1 is 0.356 bits per heavy atom. The monoisotopic (exact) mass is 618 g/mol. The Kier molecular flexibility index (Phi) is 11.0. The number of allylic oxidation sites excluding steroid dienone is 4. The second kappa shape index (κ2) is 14.0. The van der Waals surface area contributed by atoms with Gasteiger partial charge in [-0.2, -0.15) is 0 Å². The van der Waals surface area contributed by atoms with Gasteiger partial charge in [-0.3, -0.25) is 0 Å². The lowest BCUT2D eigenvalue weighted by atomic mass is 9.95. The lowest BCUT2D eigenvalue weighted by molar-refractivity contribution is 0.788. The minimum Gasteiger partial charge on any atom is -0.0801 e. The molecule has 3 aromatic rings. The molecule has 0 fully saturated rings. The minimum atomic E-state index is -2.79. The molecule has 0 unspecified atom stereocenters. The van der Waals surface area contributed by atoms with Gasteiger partial charge in [0.2, 0.25) is 0 Å². The Bertz CT molecular complexity index is 1320. The molecule has 45 heavy (non-hydrogen) atoms. The van der Waals surface area contributed by atoms with E-state index in [0.29, 0.717) is 41.4 Å². The third kappa shape index (κ3) is 7.05. The normalized spacial score (nSPS) is 14.2. The van der Waals surface area contributed by atoms with Crippen molar-refractivity contribution in [3.63, 3.8) is 0 Å². The van der Waals surface area contributed by atoms with Crippen LogP contribution in [0.4, 0.5) is 0 Å². The molecule has 0 atom stereocenters. The fraction of sp³-hybridized carbons (Fsp3) is 0.500. The molecular formula is C44H62Si. The topological polar surface area (TPSA) is 0 Å². The first kappa shape index (κ1) is 35.2. The van der Waals surface area contributed by atoms with Gasteiger partial charge in [-0.15, -0.1) is 0 Å². The van der Waals surface area contributed by atoms with Crippen molar-refractivity contribution in [3.05, 3.63) is 111 Å². The van der Waals surface area contributed by atoms with Crippen molar-refractivity contribution in [2.45, 2.75) is 139 Å². The number of benzene rings is 3. The fourth-order valence-corrected chi connectivity index (χ4v) is 12.6. The largest absolute Gasteiger partial charge is 0.179 e. The standard InChI is InChI=1S/C44H62Si/c1-27(2)34-18-35(28(3)4)22-40(21-34)45(44-17-15-16-43(44)33(13)14,41-23-36(29(5)6)19-37(24-41)30(7)8)42-25-38(31(9)10)20-39(26-42)32(11)12/h16-33H,15H2,1-14H3. The van der Waals surface area contributed by atoms with Crippen LogP contribution in [0.5, 0.6) is 0 Å². The van der Waals surface area contributed by atoms with E-state index in [9.17, 15) is 0 Å². The van der Waals surface area contributed by atoms with Crippen molar-refractivity contribution in [2.24, 2.45) is 5.92 Å². The Balaban J connectivity index is 2.36. The van der Waals surface area contributed by atoms with Crippen molar-refractivity contribution in [2.75, 3.05) is 0 Å². The summed E-state index contributed by atoms with van der Waals surface area (Å²) in [7, 11) is -2.79. The summed E-state index contributed by atoms with van der Waals surface area (Å²) < 4.78 is 0. The maximum absolute atomic E-state index is 2.79. The van der Waals surface area contributed by atoms with Crippen LogP contribution in [0.15, 0.2) is 77.5 Å². The van der Waals surface area contributed by atoms with Crippen LogP contribution in [0.1, 0.15) is 172 Å². The zero-order chi connectivity index (χ0) is 33.4. The van der Waals surface area contributed by atoms with Crippen LogP contribution in [0, 0.1) is 5.92 Å². The van der Waals surface area contributed by atoms with E-state index in [1.807, 2.05) is 0 Å². The predicted molar refractivity (Wildman–Crippen MR) is 204 cm³/mol. The number of hydrogen-bond donors (Lipinski definition) is 0. The zero-order valence-corrected chi connectivity index (χ0v) is 32.1. The van der Waals surface area contributed by atoms with Crippen LogP contribution in [-0.2, 0) is 0 Å². The minimum absolute atomic E-state index is 0.466. The van der Waals surface area contributed by atoms with Crippen molar-refractivity contribution in [1.82, 2.24) is 0 Å². The lowest BCUT2D eigenvalue weighted by Crippen LogP contribution is -2.69. The highest BCUT2D eigenvalue weighted by atomic mass is 28.3. The van der Waals surface area contributed by atoms with Crippen LogP contribution in [-0.4, -0.2) is 8.07 Å². The molecule has 1 aliphatic rings. The Morgan fingerprint density at radius 2 is 0.622 bits per heavy atom. The molecule has 0 saturated carbocycles. The number of rotatable bonds is 11. The summed E-state index contributed by atoms with van der Waals surface area (Å²) in [5, 5.41) is 6.30. The van der Waals surface area contributed by atoms with E-state index in [1.54, 1.807) is 26.3 Å². The van der Waals surface area contributed by atoms with Gasteiger partial charge in [0, 0.05) is 0 Å². The summed E-state index contributed by atoms with van der Waals surface area (Å²) >= 11 is 0. The first-order valence-electron chi connectivity index (χ1n) is 17.9. The Morgan fingerprint density at radius 3 is 0.844 bits per heavy atom. The molecular weight excluding hydrogens is 557 g/mol. The van der Waals surface area contributed by atoms with Gasteiger partial charge in [-0.1, -0.05) is 164 Å². The molecule has 0 N–H and O–H groups in total. The number of hydrogen-bond acceptors (Lipinski definition) is 0. The Hall–Kier alpha value is -2.64. The average Bonchev–Trinajstić information content (AvgIpc) is 3.47. The van der Waals surface area contributed by atoms with E-state index in [1.165, 1.54) is 33.4 Å². The molecule has 0 aliphatic heterocycles. The van der Waals surface area contributed by atoms with Crippen LogP contribution >= 0.6 is 0 Å². The summed E-state index contributed by atoms with van der Waals surface area (Å²) in [6, 6.07) is 23.3. The SMILES string of the molecule is CC(C)C1=CCC=C1[Si](c1cc(C(C)C)cc(C(C)C)c1)(c1cc(C(C)C)cc(C(C)C)c1)c1cc(C(C)C)cc(C(C)C)c1. The molecule has 242 valence electrons. The van der Waals surface area contributed by atoms with Gasteiger partial charge in [0.1, 0.15) is 0 Å². The molecule has 0 spiro atoms. The van der Waals surface area contributed by atoms with Gasteiger partial charge in [0.25, 0.3) is 0 Å². The van der Waals surface area contributed by atoms with E-state index >= 15 is 0 Å². The highest BCUT2D eigenvalue weighted by molar-refractivity contribution is 7.16. The van der Waals surface area contributed by atoms with Crippen LogP contribution in [0.3, 0.4) is 0 Å². The van der Waals surface area contributed by atoms with Crippen LogP contribution in [0.25, 0.3) is 0 Å². The van der Waals surface area contributed by atoms with Crippen molar-refractivity contribution in [1.29, 1.82) is 0 Å². The quantitative estimate of drug-likeness (QED) is 0.148. The van der Waals surface area contributed by atoms with E-state index in [4.69, 9.17) is 0 Å².